The summed E-state index contributed by atoms with van der Waals surface area (Å²) in [6.45, 7) is 1.56. The van der Waals surface area contributed by atoms with E-state index in [1.165, 1.54) is 0 Å². The number of Topliss-reactive ketones (excluding diaryl/α,β-unsaturated/α-hetero) is 1. The van der Waals surface area contributed by atoms with Crippen LogP contribution in [-0.2, 0) is 4.79 Å². The highest BCUT2D eigenvalue weighted by molar-refractivity contribution is 5.88. The average Bonchev–Trinajstić information content (AvgIpc) is 1.83. The van der Waals surface area contributed by atoms with E-state index < -0.39 is 17.6 Å². The van der Waals surface area contributed by atoms with Gasteiger partial charge in [-0.05, 0) is 12.8 Å². The number of rotatable bonds is 0. The lowest BCUT2D eigenvalue weighted by Gasteiger charge is -2.24. The minimum atomic E-state index is -3.03. The summed E-state index contributed by atoms with van der Waals surface area (Å²) in [5.41, 5.74) is 0. The quantitative estimate of drug-likeness (QED) is 0.513. The van der Waals surface area contributed by atoms with Gasteiger partial charge in [-0.2, -0.15) is 8.78 Å². The van der Waals surface area contributed by atoms with E-state index >= 15 is 0 Å². The van der Waals surface area contributed by atoms with Crippen LogP contribution in [0.2, 0.25) is 0 Å². The predicted molar refractivity (Wildman–Crippen MR) is 33.0 cm³/mol. The fourth-order valence-electron chi connectivity index (χ4n) is 1.25. The Hall–Kier alpha value is -0.470. The summed E-state index contributed by atoms with van der Waals surface area (Å²) in [6, 6.07) is 0. The molecule has 1 aliphatic rings. The zero-order chi connectivity index (χ0) is 7.78. The monoisotopic (exact) mass is 148 g/mol. The van der Waals surface area contributed by atoms with E-state index in [-0.39, 0.29) is 6.42 Å². The van der Waals surface area contributed by atoms with Crippen LogP contribution in [0.4, 0.5) is 8.78 Å². The molecule has 0 heterocycles. The standard InChI is InChI=1S/C7H10F2O/c1-5-3-2-4-7(8,9)6(5)10/h5H,2-4H2,1H3/t5-/m0/s1. The Bertz CT molecular complexity index is 154. The Labute approximate surface area is 58.4 Å². The van der Waals surface area contributed by atoms with Crippen LogP contribution in [0.1, 0.15) is 26.2 Å². The van der Waals surface area contributed by atoms with E-state index in [1.54, 1.807) is 6.92 Å². The van der Waals surface area contributed by atoms with Gasteiger partial charge in [-0.15, -0.1) is 0 Å². The fraction of sp³-hybridized carbons (Fsp3) is 0.857. The Kier molecular flexibility index (Phi) is 1.75. The van der Waals surface area contributed by atoms with E-state index in [1.807, 2.05) is 0 Å². The van der Waals surface area contributed by atoms with Gasteiger partial charge in [-0.3, -0.25) is 4.79 Å². The maximum atomic E-state index is 12.5. The maximum absolute atomic E-state index is 12.5. The molecule has 0 aromatic heterocycles. The minimum absolute atomic E-state index is 0.254. The van der Waals surface area contributed by atoms with Crippen LogP contribution in [0.15, 0.2) is 0 Å². The fourth-order valence-corrected chi connectivity index (χ4v) is 1.25. The Morgan fingerprint density at radius 1 is 1.60 bits per heavy atom. The number of hydrogen-bond donors (Lipinski definition) is 0. The number of hydrogen-bond acceptors (Lipinski definition) is 1. The van der Waals surface area contributed by atoms with Gasteiger partial charge >= 0.3 is 5.92 Å². The van der Waals surface area contributed by atoms with Crippen molar-refractivity contribution in [1.82, 2.24) is 0 Å². The first-order chi connectivity index (χ1) is 4.54. The number of ketones is 1. The summed E-state index contributed by atoms with van der Waals surface area (Å²) >= 11 is 0. The highest BCUT2D eigenvalue weighted by Gasteiger charge is 2.43. The van der Waals surface area contributed by atoms with Gasteiger partial charge in [0.05, 0.1) is 0 Å². The van der Waals surface area contributed by atoms with Crippen LogP contribution in [-0.4, -0.2) is 11.7 Å². The molecule has 0 aliphatic heterocycles. The molecule has 0 spiro atoms. The number of halogens is 2. The Balaban J connectivity index is 2.70. The molecule has 0 saturated heterocycles. The third-order valence-corrected chi connectivity index (χ3v) is 1.94. The molecule has 0 aromatic rings. The number of carbonyl (C=O) groups excluding carboxylic acids is 1. The topological polar surface area (TPSA) is 17.1 Å². The van der Waals surface area contributed by atoms with Gasteiger partial charge in [0.2, 0.25) is 5.78 Å². The van der Waals surface area contributed by atoms with Gasteiger partial charge in [0.1, 0.15) is 0 Å². The first-order valence-electron chi connectivity index (χ1n) is 3.46. The van der Waals surface area contributed by atoms with Gasteiger partial charge in [0.15, 0.2) is 0 Å². The second kappa shape index (κ2) is 2.29. The molecule has 1 rings (SSSR count). The van der Waals surface area contributed by atoms with Crippen molar-refractivity contribution in [2.45, 2.75) is 32.1 Å². The van der Waals surface area contributed by atoms with Crippen molar-refractivity contribution in [3.8, 4) is 0 Å². The molecule has 0 N–H and O–H groups in total. The first kappa shape index (κ1) is 7.63. The van der Waals surface area contributed by atoms with Crippen LogP contribution < -0.4 is 0 Å². The summed E-state index contributed by atoms with van der Waals surface area (Å²) in [5.74, 6) is -4.35. The second-order valence-corrected chi connectivity index (χ2v) is 2.86. The van der Waals surface area contributed by atoms with Gasteiger partial charge < -0.3 is 0 Å². The van der Waals surface area contributed by atoms with Crippen molar-refractivity contribution in [2.75, 3.05) is 0 Å². The van der Waals surface area contributed by atoms with E-state index in [0.717, 1.165) is 0 Å². The van der Waals surface area contributed by atoms with Crippen molar-refractivity contribution in [3.05, 3.63) is 0 Å². The lowest BCUT2D eigenvalue weighted by Crippen LogP contribution is -2.37. The SMILES string of the molecule is C[C@H]1CCCC(F)(F)C1=O. The molecular weight excluding hydrogens is 138 g/mol. The molecular formula is C7H10F2O. The molecule has 0 bridgehead atoms. The summed E-state index contributed by atoms with van der Waals surface area (Å²) in [6.07, 6.45) is 0.838. The van der Waals surface area contributed by atoms with E-state index in [9.17, 15) is 13.6 Å². The Morgan fingerprint density at radius 2 is 2.20 bits per heavy atom. The second-order valence-electron chi connectivity index (χ2n) is 2.86. The van der Waals surface area contributed by atoms with Gasteiger partial charge in [0, 0.05) is 12.3 Å². The van der Waals surface area contributed by atoms with E-state index in [2.05, 4.69) is 0 Å². The van der Waals surface area contributed by atoms with Crippen molar-refractivity contribution in [3.63, 3.8) is 0 Å². The van der Waals surface area contributed by atoms with Gasteiger partial charge in [-0.1, -0.05) is 6.92 Å². The third-order valence-electron chi connectivity index (χ3n) is 1.94. The highest BCUT2D eigenvalue weighted by atomic mass is 19.3. The first-order valence-corrected chi connectivity index (χ1v) is 3.46. The lowest BCUT2D eigenvalue weighted by atomic mass is 9.87. The minimum Gasteiger partial charge on any atom is -0.293 e. The molecule has 1 fully saturated rings. The average molecular weight is 148 g/mol. The molecule has 0 unspecified atom stereocenters. The highest BCUT2D eigenvalue weighted by Crippen LogP contribution is 2.32. The Morgan fingerprint density at radius 3 is 2.60 bits per heavy atom. The normalized spacial score (nSPS) is 32.3. The lowest BCUT2D eigenvalue weighted by molar-refractivity contribution is -0.152. The molecule has 58 valence electrons. The van der Waals surface area contributed by atoms with Crippen molar-refractivity contribution in [1.29, 1.82) is 0 Å². The van der Waals surface area contributed by atoms with Crippen LogP contribution in [0.5, 0.6) is 0 Å². The largest absolute Gasteiger partial charge is 0.305 e. The summed E-state index contributed by atoms with van der Waals surface area (Å²) in [5, 5.41) is 0. The molecule has 0 aromatic carbocycles. The van der Waals surface area contributed by atoms with Crippen LogP contribution in [0.3, 0.4) is 0 Å². The van der Waals surface area contributed by atoms with Gasteiger partial charge in [-0.25, -0.2) is 0 Å². The summed E-state index contributed by atoms with van der Waals surface area (Å²) in [7, 11) is 0. The van der Waals surface area contributed by atoms with Crippen molar-refractivity contribution in [2.24, 2.45) is 5.92 Å². The smallest absolute Gasteiger partial charge is 0.293 e. The molecule has 3 heteroatoms. The molecule has 1 atom stereocenters. The molecule has 0 radical (unpaired) electrons. The molecule has 10 heavy (non-hydrogen) atoms. The maximum Gasteiger partial charge on any atom is 0.305 e. The molecule has 1 nitrogen and oxygen atoms in total. The van der Waals surface area contributed by atoms with E-state index in [0.29, 0.717) is 12.8 Å². The van der Waals surface area contributed by atoms with Crippen LogP contribution >= 0.6 is 0 Å². The zero-order valence-corrected chi connectivity index (χ0v) is 5.86. The van der Waals surface area contributed by atoms with Crippen molar-refractivity contribution < 1.29 is 13.6 Å². The van der Waals surface area contributed by atoms with Crippen LogP contribution in [0, 0.1) is 5.92 Å². The predicted octanol–water partition coefficient (Wildman–Crippen LogP) is 2.01. The number of carbonyl (C=O) groups is 1. The molecule has 1 saturated carbocycles. The van der Waals surface area contributed by atoms with Gasteiger partial charge in [0.25, 0.3) is 0 Å². The third kappa shape index (κ3) is 1.18. The number of alkyl halides is 2. The molecule has 1 aliphatic carbocycles. The summed E-state index contributed by atoms with van der Waals surface area (Å²) < 4.78 is 25.0. The molecule has 0 amide bonds. The van der Waals surface area contributed by atoms with E-state index in [4.69, 9.17) is 0 Å². The summed E-state index contributed by atoms with van der Waals surface area (Å²) in [4.78, 5) is 10.7. The zero-order valence-electron chi connectivity index (χ0n) is 5.86. The van der Waals surface area contributed by atoms with Crippen LogP contribution in [0.25, 0.3) is 0 Å². The van der Waals surface area contributed by atoms with Crippen molar-refractivity contribution >= 4 is 5.78 Å².